The van der Waals surface area contributed by atoms with E-state index in [-0.39, 0.29) is 17.6 Å². The molecule has 0 radical (unpaired) electrons. The zero-order valence-corrected chi connectivity index (χ0v) is 23.0. The second-order valence-corrected chi connectivity index (χ2v) is 10.5. The van der Waals surface area contributed by atoms with Crippen LogP contribution in [-0.2, 0) is 4.74 Å². The largest absolute Gasteiger partial charge is 0.364 e. The van der Waals surface area contributed by atoms with Gasteiger partial charge in [-0.2, -0.15) is 0 Å². The van der Waals surface area contributed by atoms with Gasteiger partial charge in [0.2, 0.25) is 0 Å². The maximum absolute atomic E-state index is 15.8. The van der Waals surface area contributed by atoms with Crippen LogP contribution in [0.25, 0.3) is 11.1 Å². The first-order valence-corrected chi connectivity index (χ1v) is 14.7. The molecule has 3 rings (SSSR count). The summed E-state index contributed by atoms with van der Waals surface area (Å²) in [6, 6.07) is 14.8. The Kier molecular flexibility index (Phi) is 12.6. The quantitative estimate of drug-likeness (QED) is 0.152. The third-order valence-electron chi connectivity index (χ3n) is 7.53. The van der Waals surface area contributed by atoms with Gasteiger partial charge in [-0.15, -0.1) is 0 Å². The lowest BCUT2D eigenvalue weighted by molar-refractivity contribution is -0.00763. The van der Waals surface area contributed by atoms with Crippen LogP contribution >= 0.6 is 0 Å². The molecule has 2 aromatic rings. The van der Waals surface area contributed by atoms with Crippen molar-refractivity contribution in [3.05, 3.63) is 84.0 Å². The molecule has 0 spiro atoms. The van der Waals surface area contributed by atoms with Gasteiger partial charge in [-0.1, -0.05) is 127 Å². The Morgan fingerprint density at radius 2 is 1.41 bits per heavy atom. The molecule has 1 aliphatic rings. The van der Waals surface area contributed by atoms with Crippen LogP contribution in [0, 0.1) is 5.82 Å². The van der Waals surface area contributed by atoms with E-state index in [0.717, 1.165) is 36.8 Å². The highest BCUT2D eigenvalue weighted by molar-refractivity contribution is 5.64. The lowest BCUT2D eigenvalue weighted by Gasteiger charge is -2.33. The van der Waals surface area contributed by atoms with E-state index in [0.29, 0.717) is 18.6 Å². The first kappa shape index (κ1) is 29.3. The molecule has 0 aromatic heterocycles. The van der Waals surface area contributed by atoms with Crippen molar-refractivity contribution < 1.29 is 13.5 Å². The van der Waals surface area contributed by atoms with Crippen LogP contribution in [0.2, 0.25) is 0 Å². The van der Waals surface area contributed by atoms with Crippen LogP contribution in [0.1, 0.15) is 109 Å². The molecule has 0 amide bonds. The number of allylic oxidation sites excluding steroid dienone is 2. The lowest BCUT2D eigenvalue weighted by Crippen LogP contribution is -2.34. The zero-order chi connectivity index (χ0) is 26.3. The number of hydrogen-bond acceptors (Lipinski definition) is 1. The summed E-state index contributed by atoms with van der Waals surface area (Å²) in [5, 5.41) is 0. The van der Waals surface area contributed by atoms with E-state index in [2.05, 4.69) is 13.8 Å². The highest BCUT2D eigenvalue weighted by Crippen LogP contribution is 2.39. The number of rotatable bonds is 17. The van der Waals surface area contributed by atoms with Crippen LogP contribution < -0.4 is 0 Å². The fourth-order valence-electron chi connectivity index (χ4n) is 5.19. The minimum atomic E-state index is -0.979. The monoisotopic (exact) mass is 508 g/mol. The molecule has 202 valence electrons. The smallest absolute Gasteiger partial charge is 0.137 e. The van der Waals surface area contributed by atoms with Crippen LogP contribution in [0.15, 0.2) is 72.6 Å². The third kappa shape index (κ3) is 8.92. The topological polar surface area (TPSA) is 9.23 Å². The number of halogens is 2. The molecule has 3 heteroatoms. The van der Waals surface area contributed by atoms with Gasteiger partial charge in [0.15, 0.2) is 0 Å². The Hall–Kier alpha value is -2.26. The highest BCUT2D eigenvalue weighted by Gasteiger charge is 2.36. The summed E-state index contributed by atoms with van der Waals surface area (Å²) < 4.78 is 37.1. The molecule has 0 fully saturated rings. The molecular weight excluding hydrogens is 462 g/mol. The van der Waals surface area contributed by atoms with Gasteiger partial charge in [-0.25, -0.2) is 8.78 Å². The molecule has 0 N–H and O–H groups in total. The molecule has 0 aliphatic heterocycles. The van der Waals surface area contributed by atoms with Crippen molar-refractivity contribution in [1.29, 1.82) is 0 Å². The van der Waals surface area contributed by atoms with Gasteiger partial charge in [-0.05, 0) is 48.6 Å². The SMILES string of the molecule is CCCCCCCCOC1(CCCCCCCC)C=CC(c2ccc(-c3ccccc3)c(F)c2)C=C1F. The van der Waals surface area contributed by atoms with Gasteiger partial charge < -0.3 is 4.74 Å². The van der Waals surface area contributed by atoms with E-state index >= 15 is 4.39 Å². The molecule has 0 heterocycles. The molecule has 2 aromatic carbocycles. The molecule has 0 saturated heterocycles. The highest BCUT2D eigenvalue weighted by atomic mass is 19.1. The minimum absolute atomic E-state index is 0.230. The standard InChI is InChI=1S/C34H46F2O/c1-3-5-7-9-11-16-23-34(37-25-17-12-10-8-6-4-2)24-22-30(27-33(34)36)29-20-21-31(32(35)26-29)28-18-14-13-15-19-28/h13-15,18-22,24,26-27,30H,3-12,16-17,23,25H2,1-2H3. The summed E-state index contributed by atoms with van der Waals surface area (Å²) in [5.41, 5.74) is 1.18. The maximum atomic E-state index is 15.8. The minimum Gasteiger partial charge on any atom is -0.364 e. The summed E-state index contributed by atoms with van der Waals surface area (Å²) in [6.07, 6.45) is 20.2. The van der Waals surface area contributed by atoms with Gasteiger partial charge in [0.1, 0.15) is 17.2 Å². The third-order valence-corrected chi connectivity index (χ3v) is 7.53. The molecule has 1 nitrogen and oxygen atoms in total. The van der Waals surface area contributed by atoms with E-state index < -0.39 is 5.60 Å². The van der Waals surface area contributed by atoms with Gasteiger partial charge in [0, 0.05) is 18.1 Å². The average Bonchev–Trinajstić information content (AvgIpc) is 2.92. The lowest BCUT2D eigenvalue weighted by atomic mass is 9.83. The number of unbranched alkanes of at least 4 members (excludes halogenated alkanes) is 10. The van der Waals surface area contributed by atoms with E-state index in [1.54, 1.807) is 18.2 Å². The van der Waals surface area contributed by atoms with Crippen molar-refractivity contribution in [1.82, 2.24) is 0 Å². The van der Waals surface area contributed by atoms with Gasteiger partial charge in [-0.3, -0.25) is 0 Å². The molecule has 2 unspecified atom stereocenters. The second kappa shape index (κ2) is 15.9. The molecule has 2 atom stereocenters. The molecular formula is C34H46F2O. The fourth-order valence-corrected chi connectivity index (χ4v) is 5.19. The van der Waals surface area contributed by atoms with E-state index in [1.807, 2.05) is 48.6 Å². The zero-order valence-electron chi connectivity index (χ0n) is 23.0. The Bertz CT molecular complexity index is 981. The van der Waals surface area contributed by atoms with E-state index in [4.69, 9.17) is 4.74 Å². The van der Waals surface area contributed by atoms with Crippen LogP contribution in [0.3, 0.4) is 0 Å². The van der Waals surface area contributed by atoms with Crippen molar-refractivity contribution >= 4 is 0 Å². The fraction of sp³-hybridized carbons (Fsp3) is 0.529. The van der Waals surface area contributed by atoms with Crippen molar-refractivity contribution in [2.24, 2.45) is 0 Å². The molecule has 0 saturated carbocycles. The summed E-state index contributed by atoms with van der Waals surface area (Å²) in [7, 11) is 0. The predicted octanol–water partition coefficient (Wildman–Crippen LogP) is 10.9. The van der Waals surface area contributed by atoms with Gasteiger partial charge in [0.25, 0.3) is 0 Å². The van der Waals surface area contributed by atoms with Crippen LogP contribution in [0.5, 0.6) is 0 Å². The molecule has 0 bridgehead atoms. The Balaban J connectivity index is 1.66. The van der Waals surface area contributed by atoms with Crippen molar-refractivity contribution in [2.75, 3.05) is 6.61 Å². The Morgan fingerprint density at radius 3 is 2.05 bits per heavy atom. The number of benzene rings is 2. The predicted molar refractivity (Wildman–Crippen MR) is 153 cm³/mol. The normalized spacial score (nSPS) is 19.2. The number of ether oxygens (including phenoxy) is 1. The first-order chi connectivity index (χ1) is 18.1. The molecule has 37 heavy (non-hydrogen) atoms. The Labute approximate surface area is 224 Å². The summed E-state index contributed by atoms with van der Waals surface area (Å²) in [6.45, 7) is 5.01. The number of hydrogen-bond donors (Lipinski definition) is 0. The first-order valence-electron chi connectivity index (χ1n) is 14.7. The summed E-state index contributed by atoms with van der Waals surface area (Å²) in [5.74, 6) is -0.809. The van der Waals surface area contributed by atoms with Crippen molar-refractivity contribution in [3.63, 3.8) is 0 Å². The van der Waals surface area contributed by atoms with Crippen molar-refractivity contribution in [3.8, 4) is 11.1 Å². The van der Waals surface area contributed by atoms with Gasteiger partial charge in [0.05, 0.1) is 0 Å². The summed E-state index contributed by atoms with van der Waals surface area (Å²) in [4.78, 5) is 0. The van der Waals surface area contributed by atoms with E-state index in [1.165, 1.54) is 51.4 Å². The van der Waals surface area contributed by atoms with E-state index in [9.17, 15) is 4.39 Å². The summed E-state index contributed by atoms with van der Waals surface area (Å²) >= 11 is 0. The average molecular weight is 509 g/mol. The van der Waals surface area contributed by atoms with Gasteiger partial charge >= 0.3 is 0 Å². The second-order valence-electron chi connectivity index (χ2n) is 10.5. The maximum Gasteiger partial charge on any atom is 0.137 e. The molecule has 1 aliphatic carbocycles. The van der Waals surface area contributed by atoms with Crippen LogP contribution in [0.4, 0.5) is 8.78 Å². The van der Waals surface area contributed by atoms with Crippen LogP contribution in [-0.4, -0.2) is 12.2 Å². The Morgan fingerprint density at radius 1 is 0.757 bits per heavy atom. The van der Waals surface area contributed by atoms with Crippen molar-refractivity contribution in [2.45, 2.75) is 109 Å².